The molecule has 1 aromatic heterocycles. The van der Waals surface area contributed by atoms with Crippen molar-refractivity contribution in [3.05, 3.63) is 52.4 Å². The molecule has 0 bridgehead atoms. The number of aliphatic hydroxyl groups is 1. The van der Waals surface area contributed by atoms with Crippen LogP contribution in [-0.4, -0.2) is 10.3 Å². The van der Waals surface area contributed by atoms with Gasteiger partial charge < -0.3 is 9.63 Å². The highest BCUT2D eigenvalue weighted by molar-refractivity contribution is 5.79. The largest absolute Gasteiger partial charge is 0.390 e. The van der Waals surface area contributed by atoms with Crippen molar-refractivity contribution in [2.75, 3.05) is 0 Å². The Bertz CT molecular complexity index is 796. The molecule has 1 heterocycles. The molecule has 24 heavy (non-hydrogen) atoms. The van der Waals surface area contributed by atoms with Gasteiger partial charge in [-0.15, -0.1) is 0 Å². The van der Waals surface area contributed by atoms with Crippen molar-refractivity contribution >= 4 is 11.6 Å². The van der Waals surface area contributed by atoms with Crippen molar-refractivity contribution in [3.8, 4) is 0 Å². The van der Waals surface area contributed by atoms with Gasteiger partial charge in [-0.25, -0.2) is 0 Å². The van der Waals surface area contributed by atoms with Gasteiger partial charge in [-0.1, -0.05) is 58.0 Å². The average molecular weight is 325 g/mol. The van der Waals surface area contributed by atoms with E-state index < -0.39 is 0 Å². The van der Waals surface area contributed by atoms with Gasteiger partial charge in [-0.2, -0.15) is 0 Å². The van der Waals surface area contributed by atoms with Crippen LogP contribution in [0.25, 0.3) is 11.6 Å². The number of nitrogens with zero attached hydrogens (tertiary/aromatic N) is 1. The minimum Gasteiger partial charge on any atom is -0.390 e. The molecule has 0 radical (unpaired) electrons. The molecule has 2 aromatic rings. The van der Waals surface area contributed by atoms with Crippen LogP contribution in [0.4, 0.5) is 0 Å². The normalized spacial score (nSPS) is 21.8. The molecule has 0 amide bonds. The zero-order valence-corrected chi connectivity index (χ0v) is 15.5. The van der Waals surface area contributed by atoms with Crippen molar-refractivity contribution in [1.82, 2.24) is 5.16 Å². The fourth-order valence-corrected chi connectivity index (χ4v) is 4.02. The maximum atomic E-state index is 9.10. The molecule has 0 fully saturated rings. The summed E-state index contributed by atoms with van der Waals surface area (Å²) in [5.41, 5.74) is 6.14. The second-order valence-corrected chi connectivity index (χ2v) is 8.13. The average Bonchev–Trinajstić information content (AvgIpc) is 3.05. The minimum absolute atomic E-state index is 0.101. The van der Waals surface area contributed by atoms with E-state index >= 15 is 0 Å². The SMILES string of the molecule is C/C(=C/c1cc(CO)no1)c1ccc2c(c1)C(C)(C)C(C)C2(C)C. The summed E-state index contributed by atoms with van der Waals surface area (Å²) in [5.74, 6) is 1.26. The van der Waals surface area contributed by atoms with Crippen LogP contribution in [-0.2, 0) is 17.4 Å². The van der Waals surface area contributed by atoms with E-state index in [-0.39, 0.29) is 17.4 Å². The molecule has 1 atom stereocenters. The van der Waals surface area contributed by atoms with E-state index in [1.807, 2.05) is 6.08 Å². The molecule has 0 saturated carbocycles. The molecule has 0 spiro atoms. The number of hydrogen-bond acceptors (Lipinski definition) is 3. The first-order chi connectivity index (χ1) is 11.2. The number of rotatable bonds is 3. The van der Waals surface area contributed by atoms with E-state index in [1.165, 1.54) is 16.7 Å². The van der Waals surface area contributed by atoms with E-state index in [2.05, 4.69) is 64.9 Å². The maximum Gasteiger partial charge on any atom is 0.160 e. The van der Waals surface area contributed by atoms with Crippen molar-refractivity contribution in [2.45, 2.75) is 59.0 Å². The third-order valence-electron chi connectivity index (χ3n) is 6.13. The Hall–Kier alpha value is -1.87. The highest BCUT2D eigenvalue weighted by atomic mass is 16.5. The summed E-state index contributed by atoms with van der Waals surface area (Å²) in [5, 5.41) is 12.9. The van der Waals surface area contributed by atoms with Crippen LogP contribution in [0.3, 0.4) is 0 Å². The lowest BCUT2D eigenvalue weighted by atomic mass is 9.71. The maximum absolute atomic E-state index is 9.10. The predicted octanol–water partition coefficient (Wildman–Crippen LogP) is 4.93. The van der Waals surface area contributed by atoms with Gasteiger partial charge in [-0.05, 0) is 52.0 Å². The van der Waals surface area contributed by atoms with Gasteiger partial charge in [-0.3, -0.25) is 0 Å². The number of aromatic nitrogens is 1. The van der Waals surface area contributed by atoms with Gasteiger partial charge in [0.1, 0.15) is 5.69 Å². The molecule has 1 unspecified atom stereocenters. The fourth-order valence-electron chi connectivity index (χ4n) is 4.02. The van der Waals surface area contributed by atoms with Crippen LogP contribution in [0.2, 0.25) is 0 Å². The van der Waals surface area contributed by atoms with Gasteiger partial charge in [0, 0.05) is 6.07 Å². The van der Waals surface area contributed by atoms with Gasteiger partial charge >= 0.3 is 0 Å². The Labute approximate surface area is 144 Å². The summed E-state index contributed by atoms with van der Waals surface area (Å²) in [6.07, 6.45) is 1.98. The smallest absolute Gasteiger partial charge is 0.160 e. The van der Waals surface area contributed by atoms with Crippen LogP contribution in [0, 0.1) is 5.92 Å². The first kappa shape index (κ1) is 17.0. The Morgan fingerprint density at radius 1 is 1.17 bits per heavy atom. The monoisotopic (exact) mass is 325 g/mol. The molecular formula is C21H27NO2. The third kappa shape index (κ3) is 2.51. The first-order valence-corrected chi connectivity index (χ1v) is 8.58. The highest BCUT2D eigenvalue weighted by Crippen LogP contribution is 2.53. The van der Waals surface area contributed by atoms with Crippen molar-refractivity contribution in [1.29, 1.82) is 0 Å². The Balaban J connectivity index is 2.02. The third-order valence-corrected chi connectivity index (χ3v) is 6.13. The number of benzene rings is 1. The second kappa shape index (κ2) is 5.59. The number of aliphatic hydroxyl groups excluding tert-OH is 1. The molecule has 1 aliphatic carbocycles. The van der Waals surface area contributed by atoms with Gasteiger partial charge in [0.05, 0.1) is 6.61 Å². The summed E-state index contributed by atoms with van der Waals surface area (Å²) >= 11 is 0. The molecular weight excluding hydrogens is 298 g/mol. The number of fused-ring (bicyclic) bond motifs is 1. The zero-order chi connectivity index (χ0) is 17.7. The Morgan fingerprint density at radius 3 is 2.46 bits per heavy atom. The summed E-state index contributed by atoms with van der Waals surface area (Å²) in [4.78, 5) is 0. The van der Waals surface area contributed by atoms with E-state index in [9.17, 15) is 0 Å². The lowest BCUT2D eigenvalue weighted by Gasteiger charge is -2.32. The fraction of sp³-hybridized carbons (Fsp3) is 0.476. The predicted molar refractivity (Wildman–Crippen MR) is 97.6 cm³/mol. The summed E-state index contributed by atoms with van der Waals surface area (Å²) in [6, 6.07) is 8.58. The summed E-state index contributed by atoms with van der Waals surface area (Å²) in [7, 11) is 0. The Morgan fingerprint density at radius 2 is 1.83 bits per heavy atom. The van der Waals surface area contributed by atoms with E-state index in [4.69, 9.17) is 9.63 Å². The molecule has 1 N–H and O–H groups in total. The standard InChI is InChI=1S/C21H27NO2/c1-13(9-17-11-16(12-23)22-24-17)15-7-8-18-19(10-15)21(5,6)14(2)20(18,3)4/h7-11,14,23H,12H2,1-6H3/b13-9-. The van der Waals surface area contributed by atoms with Gasteiger partial charge in [0.15, 0.2) is 5.76 Å². The van der Waals surface area contributed by atoms with Gasteiger partial charge in [0.25, 0.3) is 0 Å². The molecule has 0 aliphatic heterocycles. The lowest BCUT2D eigenvalue weighted by Crippen LogP contribution is -2.30. The summed E-state index contributed by atoms with van der Waals surface area (Å²) < 4.78 is 5.25. The van der Waals surface area contributed by atoms with Crippen molar-refractivity contribution in [3.63, 3.8) is 0 Å². The molecule has 1 aliphatic rings. The molecule has 3 nitrogen and oxygen atoms in total. The lowest BCUT2D eigenvalue weighted by molar-refractivity contribution is 0.264. The van der Waals surface area contributed by atoms with E-state index in [0.717, 1.165) is 5.57 Å². The van der Waals surface area contributed by atoms with Gasteiger partial charge in [0.2, 0.25) is 0 Å². The van der Waals surface area contributed by atoms with Crippen LogP contribution in [0.15, 0.2) is 28.8 Å². The zero-order valence-electron chi connectivity index (χ0n) is 15.5. The molecule has 3 heteroatoms. The molecule has 0 saturated heterocycles. The highest BCUT2D eigenvalue weighted by Gasteiger charge is 2.48. The number of hydrogen-bond donors (Lipinski definition) is 1. The van der Waals surface area contributed by atoms with Crippen LogP contribution in [0.5, 0.6) is 0 Å². The van der Waals surface area contributed by atoms with Crippen molar-refractivity contribution < 1.29 is 9.63 Å². The molecule has 3 rings (SSSR count). The first-order valence-electron chi connectivity index (χ1n) is 8.58. The van der Waals surface area contributed by atoms with E-state index in [0.29, 0.717) is 17.4 Å². The quantitative estimate of drug-likeness (QED) is 0.870. The van der Waals surface area contributed by atoms with E-state index in [1.54, 1.807) is 6.07 Å². The van der Waals surface area contributed by atoms with Crippen LogP contribution >= 0.6 is 0 Å². The number of allylic oxidation sites excluding steroid dienone is 1. The molecule has 1 aromatic carbocycles. The summed E-state index contributed by atoms with van der Waals surface area (Å²) in [6.45, 7) is 13.7. The van der Waals surface area contributed by atoms with Crippen molar-refractivity contribution in [2.24, 2.45) is 5.92 Å². The minimum atomic E-state index is -0.101. The second-order valence-electron chi connectivity index (χ2n) is 8.13. The molecule has 128 valence electrons. The van der Waals surface area contributed by atoms with Crippen LogP contribution in [0.1, 0.15) is 69.7 Å². The topological polar surface area (TPSA) is 46.3 Å². The Kier molecular flexibility index (Phi) is 3.95. The van der Waals surface area contributed by atoms with Crippen LogP contribution < -0.4 is 0 Å².